The minimum Gasteiger partial charge on any atom is -0.496 e. The Balaban J connectivity index is 2.15. The lowest BCUT2D eigenvalue weighted by Crippen LogP contribution is -2.15. The zero-order chi connectivity index (χ0) is 12.5. The third-order valence-corrected chi connectivity index (χ3v) is 3.23. The fourth-order valence-corrected chi connectivity index (χ4v) is 2.39. The number of hydrogen-bond acceptors (Lipinski definition) is 4. The van der Waals surface area contributed by atoms with E-state index >= 15 is 0 Å². The summed E-state index contributed by atoms with van der Waals surface area (Å²) in [4.78, 5) is 18.7. The van der Waals surface area contributed by atoms with Gasteiger partial charge in [0.15, 0.2) is 0 Å². The Labute approximate surface area is 104 Å². The van der Waals surface area contributed by atoms with E-state index in [1.54, 1.807) is 7.11 Å². The third kappa shape index (κ3) is 1.55. The number of fused-ring (bicyclic) bond motifs is 1. The van der Waals surface area contributed by atoms with Gasteiger partial charge in [0.2, 0.25) is 0 Å². The van der Waals surface area contributed by atoms with Gasteiger partial charge in [-0.1, -0.05) is 18.2 Å². The van der Waals surface area contributed by atoms with Crippen molar-refractivity contribution in [3.8, 4) is 5.75 Å². The number of ether oxygens (including phenoxy) is 1. The van der Waals surface area contributed by atoms with E-state index in [4.69, 9.17) is 4.74 Å². The molecule has 0 aliphatic carbocycles. The number of methoxy groups -OCH3 is 1. The maximum absolute atomic E-state index is 11.9. The summed E-state index contributed by atoms with van der Waals surface area (Å²) in [7, 11) is 1.63. The molecule has 2 heterocycles. The van der Waals surface area contributed by atoms with Crippen LogP contribution in [0.1, 0.15) is 17.0 Å². The Hall–Kier alpha value is -2.30. The molecule has 0 spiro atoms. The molecule has 5 nitrogen and oxygen atoms in total. The van der Waals surface area contributed by atoms with Crippen LogP contribution in [0.3, 0.4) is 0 Å². The highest BCUT2D eigenvalue weighted by Crippen LogP contribution is 2.36. The lowest BCUT2D eigenvalue weighted by molar-refractivity contribution is 0.408. The van der Waals surface area contributed by atoms with E-state index in [1.165, 1.54) is 6.33 Å². The molecule has 0 fully saturated rings. The first-order valence-electron chi connectivity index (χ1n) is 5.75. The van der Waals surface area contributed by atoms with Crippen LogP contribution in [0.5, 0.6) is 5.75 Å². The Kier molecular flexibility index (Phi) is 2.51. The Morgan fingerprint density at radius 1 is 1.39 bits per heavy atom. The molecule has 0 radical (unpaired) electrons. The molecule has 1 atom stereocenters. The standard InChI is InChI=1S/C13H13N3O2/c1-18-10-5-3-2-4-8(10)9-6-14-12-11(9)13(17)16-7-15-12/h2-5,7,9H,6H2,1H3,(H2,14,15,16,17). The molecule has 0 bridgehead atoms. The van der Waals surface area contributed by atoms with Gasteiger partial charge < -0.3 is 15.0 Å². The van der Waals surface area contributed by atoms with Crippen LogP contribution in [0.2, 0.25) is 0 Å². The van der Waals surface area contributed by atoms with Crippen molar-refractivity contribution in [1.82, 2.24) is 9.97 Å². The molecule has 1 aromatic heterocycles. The van der Waals surface area contributed by atoms with E-state index in [0.717, 1.165) is 11.3 Å². The van der Waals surface area contributed by atoms with Gasteiger partial charge in [0.05, 0.1) is 19.0 Å². The van der Waals surface area contributed by atoms with Crippen molar-refractivity contribution >= 4 is 5.82 Å². The summed E-state index contributed by atoms with van der Waals surface area (Å²) in [6.07, 6.45) is 1.42. The quantitative estimate of drug-likeness (QED) is 0.835. The molecule has 3 rings (SSSR count). The van der Waals surface area contributed by atoms with E-state index in [-0.39, 0.29) is 11.5 Å². The van der Waals surface area contributed by atoms with Crippen LogP contribution in [-0.4, -0.2) is 23.6 Å². The second kappa shape index (κ2) is 4.18. The molecule has 92 valence electrons. The van der Waals surface area contributed by atoms with Crippen molar-refractivity contribution in [1.29, 1.82) is 0 Å². The van der Waals surface area contributed by atoms with E-state index in [1.807, 2.05) is 24.3 Å². The lowest BCUT2D eigenvalue weighted by atomic mass is 9.94. The van der Waals surface area contributed by atoms with Gasteiger partial charge in [-0.25, -0.2) is 4.98 Å². The summed E-state index contributed by atoms with van der Waals surface area (Å²) in [5.41, 5.74) is 1.59. The SMILES string of the molecule is COc1ccccc1C1CNc2nc[nH]c(=O)c21. The fourth-order valence-electron chi connectivity index (χ4n) is 2.39. The first-order chi connectivity index (χ1) is 8.81. The van der Waals surface area contributed by atoms with Crippen LogP contribution in [0, 0.1) is 0 Å². The van der Waals surface area contributed by atoms with Gasteiger partial charge in [-0.3, -0.25) is 4.79 Å². The van der Waals surface area contributed by atoms with Crippen LogP contribution in [0.15, 0.2) is 35.4 Å². The van der Waals surface area contributed by atoms with Crippen molar-refractivity contribution in [3.05, 3.63) is 52.1 Å². The number of aromatic amines is 1. The fraction of sp³-hybridized carbons (Fsp3) is 0.231. The largest absolute Gasteiger partial charge is 0.496 e. The van der Waals surface area contributed by atoms with Gasteiger partial charge >= 0.3 is 0 Å². The molecular weight excluding hydrogens is 230 g/mol. The number of benzene rings is 1. The number of H-pyrrole nitrogens is 1. The van der Waals surface area contributed by atoms with Gasteiger partial charge in [-0.05, 0) is 6.07 Å². The van der Waals surface area contributed by atoms with Crippen LogP contribution >= 0.6 is 0 Å². The molecule has 5 heteroatoms. The van der Waals surface area contributed by atoms with Crippen molar-refractivity contribution in [2.24, 2.45) is 0 Å². The van der Waals surface area contributed by atoms with Crippen LogP contribution in [0.25, 0.3) is 0 Å². The monoisotopic (exact) mass is 243 g/mol. The second-order valence-corrected chi connectivity index (χ2v) is 4.17. The predicted molar refractivity (Wildman–Crippen MR) is 68.2 cm³/mol. The molecule has 1 unspecified atom stereocenters. The summed E-state index contributed by atoms with van der Waals surface area (Å²) in [6, 6.07) is 7.74. The third-order valence-electron chi connectivity index (χ3n) is 3.23. The van der Waals surface area contributed by atoms with Gasteiger partial charge in [-0.15, -0.1) is 0 Å². The number of para-hydroxylation sites is 1. The summed E-state index contributed by atoms with van der Waals surface area (Å²) >= 11 is 0. The molecule has 0 saturated carbocycles. The Bertz CT molecular complexity index is 636. The van der Waals surface area contributed by atoms with Crippen molar-refractivity contribution in [2.75, 3.05) is 19.0 Å². The molecule has 1 aromatic carbocycles. The number of nitrogens with zero attached hydrogens (tertiary/aromatic N) is 1. The molecule has 0 amide bonds. The van der Waals surface area contributed by atoms with E-state index in [2.05, 4.69) is 15.3 Å². The smallest absolute Gasteiger partial charge is 0.256 e. The van der Waals surface area contributed by atoms with E-state index in [9.17, 15) is 4.79 Å². The number of hydrogen-bond donors (Lipinski definition) is 2. The second-order valence-electron chi connectivity index (χ2n) is 4.17. The van der Waals surface area contributed by atoms with E-state index in [0.29, 0.717) is 17.9 Å². The minimum absolute atomic E-state index is 0.0198. The summed E-state index contributed by atoms with van der Waals surface area (Å²) in [6.45, 7) is 0.663. The highest BCUT2D eigenvalue weighted by molar-refractivity contribution is 5.56. The van der Waals surface area contributed by atoms with Gasteiger partial charge in [0.25, 0.3) is 5.56 Å². The highest BCUT2D eigenvalue weighted by atomic mass is 16.5. The molecule has 1 aliphatic rings. The topological polar surface area (TPSA) is 67.0 Å². The highest BCUT2D eigenvalue weighted by Gasteiger charge is 2.29. The average molecular weight is 243 g/mol. The van der Waals surface area contributed by atoms with Gasteiger partial charge in [-0.2, -0.15) is 0 Å². The predicted octanol–water partition coefficient (Wildman–Crippen LogP) is 1.34. The number of aromatic nitrogens is 2. The summed E-state index contributed by atoms with van der Waals surface area (Å²) in [5, 5.41) is 3.15. The van der Waals surface area contributed by atoms with Gasteiger partial charge in [0, 0.05) is 18.0 Å². The Morgan fingerprint density at radius 3 is 3.06 bits per heavy atom. The molecule has 0 saturated heterocycles. The van der Waals surface area contributed by atoms with Crippen LogP contribution in [-0.2, 0) is 0 Å². The maximum Gasteiger partial charge on any atom is 0.256 e. The number of nitrogens with one attached hydrogen (secondary N) is 2. The number of rotatable bonds is 2. The van der Waals surface area contributed by atoms with E-state index < -0.39 is 0 Å². The van der Waals surface area contributed by atoms with Crippen LogP contribution < -0.4 is 15.6 Å². The molecular formula is C13H13N3O2. The Morgan fingerprint density at radius 2 is 2.22 bits per heavy atom. The molecule has 2 aromatic rings. The van der Waals surface area contributed by atoms with Crippen molar-refractivity contribution in [2.45, 2.75) is 5.92 Å². The normalized spacial score (nSPS) is 17.1. The molecule has 1 aliphatic heterocycles. The van der Waals surface area contributed by atoms with Gasteiger partial charge in [0.1, 0.15) is 11.6 Å². The van der Waals surface area contributed by atoms with Crippen molar-refractivity contribution < 1.29 is 4.74 Å². The minimum atomic E-state index is -0.0964. The molecule has 2 N–H and O–H groups in total. The zero-order valence-electron chi connectivity index (χ0n) is 9.93. The first-order valence-corrected chi connectivity index (χ1v) is 5.75. The maximum atomic E-state index is 11.9. The lowest BCUT2D eigenvalue weighted by Gasteiger charge is -2.13. The number of anilines is 1. The zero-order valence-corrected chi connectivity index (χ0v) is 9.93. The van der Waals surface area contributed by atoms with Crippen molar-refractivity contribution in [3.63, 3.8) is 0 Å². The summed E-state index contributed by atoms with van der Waals surface area (Å²) < 4.78 is 5.35. The first kappa shape index (κ1) is 10.8. The molecule has 18 heavy (non-hydrogen) atoms. The summed E-state index contributed by atoms with van der Waals surface area (Å²) in [5.74, 6) is 1.43. The average Bonchev–Trinajstić information content (AvgIpc) is 2.84. The van der Waals surface area contributed by atoms with Crippen LogP contribution in [0.4, 0.5) is 5.82 Å².